The quantitative estimate of drug-likeness (QED) is 0.327. The van der Waals surface area contributed by atoms with E-state index in [2.05, 4.69) is 20.1 Å². The molecule has 12 heteroatoms. The standard InChI is InChI=1S/C25H23ClFN5O4S/c1-36-14-23(22-12-17(6-8-28-22)31-37(34,35)18-3-4-18)30-25(33)19-5-2-15(10-21(19)27)20-13-29-32-9-7-16(26)11-24(20)32/h2,5-13,18,23H,3-4,14H2,1H3,(H,28,31)(H,30,33)/t23-/m0/s1. The Morgan fingerprint density at radius 1 is 1.24 bits per heavy atom. The fourth-order valence-electron chi connectivity index (χ4n) is 3.98. The Bertz CT molecular complexity index is 1590. The Labute approximate surface area is 217 Å². The van der Waals surface area contributed by atoms with Gasteiger partial charge in [-0.25, -0.2) is 17.3 Å². The Morgan fingerprint density at radius 2 is 2.05 bits per heavy atom. The zero-order chi connectivity index (χ0) is 26.2. The van der Waals surface area contributed by atoms with Crippen molar-refractivity contribution < 1.29 is 22.3 Å². The van der Waals surface area contributed by atoms with Crippen molar-refractivity contribution >= 4 is 38.7 Å². The Kier molecular flexibility index (Phi) is 6.84. The van der Waals surface area contributed by atoms with Crippen LogP contribution in [0.5, 0.6) is 0 Å². The van der Waals surface area contributed by atoms with Crippen LogP contribution in [0.1, 0.15) is 34.9 Å². The molecule has 0 radical (unpaired) electrons. The summed E-state index contributed by atoms with van der Waals surface area (Å²) in [7, 11) is -2.01. The number of hydrogen-bond acceptors (Lipinski definition) is 6. The molecule has 1 aromatic carbocycles. The van der Waals surface area contributed by atoms with Gasteiger partial charge in [-0.3, -0.25) is 14.5 Å². The molecule has 37 heavy (non-hydrogen) atoms. The highest BCUT2D eigenvalue weighted by Crippen LogP contribution is 2.30. The lowest BCUT2D eigenvalue weighted by Gasteiger charge is -2.19. The molecule has 2 N–H and O–H groups in total. The number of aromatic nitrogens is 3. The monoisotopic (exact) mass is 543 g/mol. The van der Waals surface area contributed by atoms with E-state index >= 15 is 4.39 Å². The summed E-state index contributed by atoms with van der Waals surface area (Å²) in [6, 6.07) is 10.0. The number of anilines is 1. The molecule has 3 heterocycles. The average molecular weight is 544 g/mol. The van der Waals surface area contributed by atoms with Crippen molar-refractivity contribution in [2.75, 3.05) is 18.4 Å². The number of fused-ring (bicyclic) bond motifs is 1. The van der Waals surface area contributed by atoms with Crippen LogP contribution in [0.4, 0.5) is 10.1 Å². The SMILES string of the molecule is COC[C@H](NC(=O)c1ccc(-c2cnn3ccc(Cl)cc23)cc1F)c1cc(NS(=O)(=O)C2CC2)ccn1. The molecule has 9 nitrogen and oxygen atoms in total. The fourth-order valence-corrected chi connectivity index (χ4v) is 5.51. The van der Waals surface area contributed by atoms with E-state index in [4.69, 9.17) is 16.3 Å². The third kappa shape index (κ3) is 5.43. The molecule has 1 saturated carbocycles. The lowest BCUT2D eigenvalue weighted by atomic mass is 10.0. The molecular formula is C25H23ClFN5O4S. The van der Waals surface area contributed by atoms with Crippen molar-refractivity contribution in [3.63, 3.8) is 0 Å². The normalized spacial score (nSPS) is 14.5. The lowest BCUT2D eigenvalue weighted by molar-refractivity contribution is 0.0890. The topological polar surface area (TPSA) is 115 Å². The van der Waals surface area contributed by atoms with E-state index in [1.165, 1.54) is 37.6 Å². The minimum absolute atomic E-state index is 0.0421. The van der Waals surface area contributed by atoms with E-state index in [9.17, 15) is 13.2 Å². The molecule has 192 valence electrons. The van der Waals surface area contributed by atoms with Gasteiger partial charge in [-0.15, -0.1) is 0 Å². The van der Waals surface area contributed by atoms with Gasteiger partial charge in [0.1, 0.15) is 5.82 Å². The maximum Gasteiger partial charge on any atom is 0.254 e. The van der Waals surface area contributed by atoms with Gasteiger partial charge in [0.15, 0.2) is 0 Å². The first-order valence-electron chi connectivity index (χ1n) is 11.5. The number of methoxy groups -OCH3 is 1. The molecule has 1 fully saturated rings. The van der Waals surface area contributed by atoms with Crippen molar-refractivity contribution in [2.24, 2.45) is 0 Å². The second-order valence-electron chi connectivity index (χ2n) is 8.72. The van der Waals surface area contributed by atoms with E-state index in [0.717, 1.165) is 0 Å². The number of amides is 1. The van der Waals surface area contributed by atoms with Gasteiger partial charge in [0.25, 0.3) is 5.91 Å². The number of sulfonamides is 1. The summed E-state index contributed by atoms with van der Waals surface area (Å²) in [6.45, 7) is 0.0421. The first-order valence-corrected chi connectivity index (χ1v) is 13.4. The summed E-state index contributed by atoms with van der Waals surface area (Å²) in [5.41, 5.74) is 2.44. The van der Waals surface area contributed by atoms with Crippen LogP contribution in [0.3, 0.4) is 0 Å². The molecule has 1 atom stereocenters. The Balaban J connectivity index is 1.36. The van der Waals surface area contributed by atoms with E-state index in [-0.39, 0.29) is 17.4 Å². The lowest BCUT2D eigenvalue weighted by Crippen LogP contribution is -2.32. The predicted molar refractivity (Wildman–Crippen MR) is 137 cm³/mol. The number of pyridine rings is 2. The van der Waals surface area contributed by atoms with Crippen LogP contribution in [-0.4, -0.2) is 47.9 Å². The van der Waals surface area contributed by atoms with Gasteiger partial charge in [-0.2, -0.15) is 5.10 Å². The number of halogens is 2. The predicted octanol–water partition coefficient (Wildman–Crippen LogP) is 4.21. The molecule has 0 aliphatic heterocycles. The summed E-state index contributed by atoms with van der Waals surface area (Å²) < 4.78 is 49.1. The highest BCUT2D eigenvalue weighted by molar-refractivity contribution is 7.93. The number of benzene rings is 1. The van der Waals surface area contributed by atoms with Gasteiger partial charge < -0.3 is 10.1 Å². The first-order chi connectivity index (χ1) is 17.7. The van der Waals surface area contributed by atoms with Gasteiger partial charge in [-0.05, 0) is 54.8 Å². The van der Waals surface area contributed by atoms with Crippen LogP contribution in [-0.2, 0) is 14.8 Å². The minimum Gasteiger partial charge on any atom is -0.382 e. The van der Waals surface area contributed by atoms with Gasteiger partial charge in [0.05, 0.1) is 46.6 Å². The molecule has 1 aliphatic rings. The molecule has 4 aromatic rings. The Morgan fingerprint density at radius 3 is 2.78 bits per heavy atom. The molecule has 0 unspecified atom stereocenters. The van der Waals surface area contributed by atoms with Crippen molar-refractivity contribution in [3.8, 4) is 11.1 Å². The first kappa shape index (κ1) is 25.1. The maximum absolute atomic E-state index is 15.1. The molecule has 1 amide bonds. The number of carbonyl (C=O) groups is 1. The van der Waals surface area contributed by atoms with E-state index in [1.807, 2.05) is 0 Å². The summed E-state index contributed by atoms with van der Waals surface area (Å²) in [5.74, 6) is -1.38. The average Bonchev–Trinajstić information content (AvgIpc) is 3.65. The number of ether oxygens (including phenoxy) is 1. The van der Waals surface area contributed by atoms with Crippen LogP contribution in [0, 0.1) is 5.82 Å². The second-order valence-corrected chi connectivity index (χ2v) is 11.1. The molecule has 0 saturated heterocycles. The third-order valence-corrected chi connectivity index (χ3v) is 8.11. The zero-order valence-corrected chi connectivity index (χ0v) is 21.3. The van der Waals surface area contributed by atoms with Crippen LogP contribution in [0.25, 0.3) is 16.6 Å². The highest BCUT2D eigenvalue weighted by Gasteiger charge is 2.35. The van der Waals surface area contributed by atoms with Crippen molar-refractivity contribution in [2.45, 2.75) is 24.1 Å². The van der Waals surface area contributed by atoms with E-state index in [1.54, 1.807) is 35.1 Å². The van der Waals surface area contributed by atoms with Crippen molar-refractivity contribution in [1.29, 1.82) is 0 Å². The summed E-state index contributed by atoms with van der Waals surface area (Å²) >= 11 is 6.10. The molecule has 5 rings (SSSR count). The summed E-state index contributed by atoms with van der Waals surface area (Å²) in [6.07, 6.45) is 6.00. The van der Waals surface area contributed by atoms with Crippen LogP contribution in [0.2, 0.25) is 5.02 Å². The highest BCUT2D eigenvalue weighted by atomic mass is 35.5. The van der Waals surface area contributed by atoms with Crippen molar-refractivity contribution in [3.05, 3.63) is 83.2 Å². The third-order valence-electron chi connectivity index (χ3n) is 6.01. The minimum atomic E-state index is -3.46. The fraction of sp³-hybridized carbons (Fsp3) is 0.240. The van der Waals surface area contributed by atoms with Crippen molar-refractivity contribution in [1.82, 2.24) is 19.9 Å². The number of nitrogens with zero attached hydrogens (tertiary/aromatic N) is 3. The molecule has 0 spiro atoms. The molecular weight excluding hydrogens is 521 g/mol. The van der Waals surface area contributed by atoms with Gasteiger partial charge in [-0.1, -0.05) is 17.7 Å². The van der Waals surface area contributed by atoms with E-state index in [0.29, 0.717) is 45.9 Å². The van der Waals surface area contributed by atoms with E-state index < -0.39 is 27.8 Å². The summed E-state index contributed by atoms with van der Waals surface area (Å²) in [5, 5.41) is 7.12. The van der Waals surface area contributed by atoms with Gasteiger partial charge >= 0.3 is 0 Å². The molecule has 1 aliphatic carbocycles. The zero-order valence-electron chi connectivity index (χ0n) is 19.7. The molecule has 3 aromatic heterocycles. The number of carbonyl (C=O) groups excluding carboxylic acids is 1. The Hall–Kier alpha value is -3.54. The molecule has 0 bridgehead atoms. The second kappa shape index (κ2) is 10.1. The van der Waals surface area contributed by atoms with Crippen LogP contribution in [0.15, 0.2) is 61.1 Å². The smallest absolute Gasteiger partial charge is 0.254 e. The largest absolute Gasteiger partial charge is 0.382 e. The summed E-state index contributed by atoms with van der Waals surface area (Å²) in [4.78, 5) is 17.3. The van der Waals surface area contributed by atoms with Crippen LogP contribution < -0.4 is 10.0 Å². The maximum atomic E-state index is 15.1. The van der Waals surface area contributed by atoms with Gasteiger partial charge in [0.2, 0.25) is 10.0 Å². The number of hydrogen-bond donors (Lipinski definition) is 2. The van der Waals surface area contributed by atoms with Gasteiger partial charge in [0, 0.05) is 30.1 Å². The number of nitrogens with one attached hydrogen (secondary N) is 2. The van der Waals surface area contributed by atoms with Crippen LogP contribution >= 0.6 is 11.6 Å². The number of rotatable bonds is 9.